The Balaban J connectivity index is 2.32. The maximum atomic E-state index is 12.5. The van der Waals surface area contributed by atoms with Crippen molar-refractivity contribution in [3.63, 3.8) is 0 Å². The Labute approximate surface area is 139 Å². The molecule has 0 atom stereocenters. The molecule has 2 rings (SSSR count). The predicted octanol–water partition coefficient (Wildman–Crippen LogP) is 4.22. The molecule has 0 radical (unpaired) electrons. The molecular weight excluding hydrogens is 310 g/mol. The van der Waals surface area contributed by atoms with Crippen LogP contribution in [0.5, 0.6) is 0 Å². The SMILES string of the molecule is Cc1ccc(C(=O)c2ccc(Cl)c(NC=C(C#N)C#N)c2)cc1. The number of carbonyl (C=O) groups excluding carboxylic acids is 1. The van der Waals surface area contributed by atoms with Crippen LogP contribution in [0.25, 0.3) is 0 Å². The molecule has 0 heterocycles. The van der Waals surface area contributed by atoms with Crippen molar-refractivity contribution < 1.29 is 4.79 Å². The summed E-state index contributed by atoms with van der Waals surface area (Å²) in [7, 11) is 0. The third-order valence-corrected chi connectivity index (χ3v) is 3.48. The molecule has 23 heavy (non-hydrogen) atoms. The van der Waals surface area contributed by atoms with Crippen LogP contribution in [0.1, 0.15) is 21.5 Å². The standard InChI is InChI=1S/C18H12ClN3O/c1-12-2-4-14(5-3-12)18(23)15-6-7-16(19)17(8-15)22-11-13(9-20)10-21/h2-8,11,22H,1H3. The number of benzene rings is 2. The summed E-state index contributed by atoms with van der Waals surface area (Å²) in [4.78, 5) is 12.5. The third-order valence-electron chi connectivity index (χ3n) is 3.16. The molecule has 0 fully saturated rings. The van der Waals surface area contributed by atoms with Crippen LogP contribution in [0.15, 0.2) is 54.2 Å². The summed E-state index contributed by atoms with van der Waals surface area (Å²) in [5.41, 5.74) is 2.48. The first-order chi connectivity index (χ1) is 11.0. The second kappa shape index (κ2) is 7.26. The molecule has 0 aliphatic carbocycles. The van der Waals surface area contributed by atoms with Crippen LogP contribution in [-0.2, 0) is 0 Å². The highest BCUT2D eigenvalue weighted by Crippen LogP contribution is 2.24. The van der Waals surface area contributed by atoms with E-state index in [0.717, 1.165) is 5.56 Å². The number of carbonyl (C=O) groups is 1. The number of aryl methyl sites for hydroxylation is 1. The van der Waals surface area contributed by atoms with Crippen LogP contribution in [0.4, 0.5) is 5.69 Å². The van der Waals surface area contributed by atoms with Gasteiger partial charge in [0.1, 0.15) is 17.7 Å². The van der Waals surface area contributed by atoms with Gasteiger partial charge in [-0.25, -0.2) is 0 Å². The van der Waals surface area contributed by atoms with E-state index in [0.29, 0.717) is 21.8 Å². The van der Waals surface area contributed by atoms with Gasteiger partial charge in [-0.15, -0.1) is 0 Å². The molecule has 0 spiro atoms. The first-order valence-corrected chi connectivity index (χ1v) is 7.11. The van der Waals surface area contributed by atoms with Crippen molar-refractivity contribution in [1.29, 1.82) is 10.5 Å². The van der Waals surface area contributed by atoms with E-state index in [2.05, 4.69) is 5.32 Å². The molecule has 0 saturated heterocycles. The number of nitrogens with one attached hydrogen (secondary N) is 1. The third kappa shape index (κ3) is 3.97. The summed E-state index contributed by atoms with van der Waals surface area (Å²) >= 11 is 6.07. The highest BCUT2D eigenvalue weighted by atomic mass is 35.5. The van der Waals surface area contributed by atoms with E-state index >= 15 is 0 Å². The molecule has 2 aromatic carbocycles. The molecule has 0 aliphatic rings. The van der Waals surface area contributed by atoms with E-state index in [1.54, 1.807) is 42.5 Å². The van der Waals surface area contributed by atoms with Crippen molar-refractivity contribution in [2.45, 2.75) is 6.92 Å². The second-order valence-electron chi connectivity index (χ2n) is 4.82. The molecule has 0 aromatic heterocycles. The summed E-state index contributed by atoms with van der Waals surface area (Å²) in [6, 6.07) is 15.6. The number of hydrogen-bond donors (Lipinski definition) is 1. The molecule has 1 N–H and O–H groups in total. The summed E-state index contributed by atoms with van der Waals surface area (Å²) in [5, 5.41) is 20.6. The van der Waals surface area contributed by atoms with Gasteiger partial charge in [-0.2, -0.15) is 10.5 Å². The van der Waals surface area contributed by atoms with Gasteiger partial charge in [-0.05, 0) is 25.1 Å². The average Bonchev–Trinajstić information content (AvgIpc) is 2.57. The molecule has 112 valence electrons. The molecule has 0 bridgehead atoms. The van der Waals surface area contributed by atoms with Crippen molar-refractivity contribution in [2.75, 3.05) is 5.32 Å². The Morgan fingerprint density at radius 1 is 1.09 bits per heavy atom. The Bertz CT molecular complexity index is 839. The number of nitriles is 2. The molecule has 4 nitrogen and oxygen atoms in total. The van der Waals surface area contributed by atoms with E-state index in [1.807, 2.05) is 19.1 Å². The van der Waals surface area contributed by atoms with E-state index in [-0.39, 0.29) is 11.4 Å². The van der Waals surface area contributed by atoms with E-state index in [4.69, 9.17) is 22.1 Å². The zero-order valence-corrected chi connectivity index (χ0v) is 13.1. The van der Waals surface area contributed by atoms with Crippen LogP contribution in [0, 0.1) is 29.6 Å². The minimum absolute atomic E-state index is 0.0867. The smallest absolute Gasteiger partial charge is 0.193 e. The fraction of sp³-hybridized carbons (Fsp3) is 0.0556. The van der Waals surface area contributed by atoms with Gasteiger partial charge in [0.2, 0.25) is 0 Å². The molecule has 2 aromatic rings. The zero-order valence-electron chi connectivity index (χ0n) is 12.3. The van der Waals surface area contributed by atoms with Gasteiger partial charge in [-0.1, -0.05) is 41.4 Å². The molecule has 0 saturated carbocycles. The number of halogens is 1. The first kappa shape index (κ1) is 16.3. The monoisotopic (exact) mass is 321 g/mol. The zero-order chi connectivity index (χ0) is 16.8. The fourth-order valence-electron chi connectivity index (χ4n) is 1.89. The summed E-state index contributed by atoms with van der Waals surface area (Å²) < 4.78 is 0. The molecule has 0 aliphatic heterocycles. The Kier molecular flexibility index (Phi) is 5.15. The summed E-state index contributed by atoms with van der Waals surface area (Å²) in [6.45, 7) is 1.95. The maximum absolute atomic E-state index is 12.5. The second-order valence-corrected chi connectivity index (χ2v) is 5.22. The molecule has 5 heteroatoms. The van der Waals surface area contributed by atoms with Crippen molar-refractivity contribution in [1.82, 2.24) is 0 Å². The maximum Gasteiger partial charge on any atom is 0.193 e. The van der Waals surface area contributed by atoms with Crippen LogP contribution < -0.4 is 5.32 Å². The van der Waals surface area contributed by atoms with Gasteiger partial charge >= 0.3 is 0 Å². The minimum atomic E-state index is -0.130. The molecular formula is C18H12ClN3O. The highest BCUT2D eigenvalue weighted by Gasteiger charge is 2.11. The Morgan fingerprint density at radius 3 is 2.30 bits per heavy atom. The lowest BCUT2D eigenvalue weighted by molar-refractivity contribution is 0.103. The van der Waals surface area contributed by atoms with Crippen LogP contribution in [-0.4, -0.2) is 5.78 Å². The number of rotatable bonds is 4. The van der Waals surface area contributed by atoms with Crippen molar-refractivity contribution >= 4 is 23.1 Å². The summed E-state index contributed by atoms with van der Waals surface area (Å²) in [5.74, 6) is -0.130. The van der Waals surface area contributed by atoms with Gasteiger partial charge in [0.25, 0.3) is 0 Å². The lowest BCUT2D eigenvalue weighted by Crippen LogP contribution is -2.02. The normalized spacial score (nSPS) is 9.39. The van der Waals surface area contributed by atoms with Crippen molar-refractivity contribution in [3.8, 4) is 12.1 Å². The van der Waals surface area contributed by atoms with E-state index in [9.17, 15) is 4.79 Å². The first-order valence-electron chi connectivity index (χ1n) is 6.73. The number of allylic oxidation sites excluding steroid dienone is 1. The molecule has 0 unspecified atom stereocenters. The topological polar surface area (TPSA) is 76.7 Å². The largest absolute Gasteiger partial charge is 0.359 e. The average molecular weight is 322 g/mol. The van der Waals surface area contributed by atoms with Crippen LogP contribution in [0.3, 0.4) is 0 Å². The number of anilines is 1. The van der Waals surface area contributed by atoms with Gasteiger partial charge in [-0.3, -0.25) is 4.79 Å². The van der Waals surface area contributed by atoms with Gasteiger partial charge < -0.3 is 5.32 Å². The number of ketones is 1. The van der Waals surface area contributed by atoms with Crippen LogP contribution in [0.2, 0.25) is 5.02 Å². The van der Waals surface area contributed by atoms with Crippen molar-refractivity contribution in [3.05, 3.63) is 76.0 Å². The lowest BCUT2D eigenvalue weighted by atomic mass is 10.0. The minimum Gasteiger partial charge on any atom is -0.359 e. The van der Waals surface area contributed by atoms with Gasteiger partial charge in [0.05, 0.1) is 10.7 Å². The quantitative estimate of drug-likeness (QED) is 0.675. The number of nitrogens with zero attached hydrogens (tertiary/aromatic N) is 2. The number of hydrogen-bond acceptors (Lipinski definition) is 4. The predicted molar refractivity (Wildman–Crippen MR) is 89.0 cm³/mol. The van der Waals surface area contributed by atoms with Gasteiger partial charge in [0.15, 0.2) is 5.78 Å². The summed E-state index contributed by atoms with van der Waals surface area (Å²) in [6.07, 6.45) is 1.25. The van der Waals surface area contributed by atoms with Crippen molar-refractivity contribution in [2.24, 2.45) is 0 Å². The Morgan fingerprint density at radius 2 is 1.70 bits per heavy atom. The fourth-order valence-corrected chi connectivity index (χ4v) is 2.06. The molecule has 0 amide bonds. The lowest BCUT2D eigenvalue weighted by Gasteiger charge is -2.07. The van der Waals surface area contributed by atoms with E-state index < -0.39 is 0 Å². The van der Waals surface area contributed by atoms with Gasteiger partial charge in [0, 0.05) is 17.3 Å². The van der Waals surface area contributed by atoms with Crippen LogP contribution >= 0.6 is 11.6 Å². The highest BCUT2D eigenvalue weighted by molar-refractivity contribution is 6.33. The van der Waals surface area contributed by atoms with E-state index in [1.165, 1.54) is 6.20 Å². The Hall–Kier alpha value is -3.08.